The largest absolute Gasteiger partial charge is 0.396 e. The molecule has 0 spiro atoms. The minimum absolute atomic E-state index is 0.0335. The van der Waals surface area contributed by atoms with Gasteiger partial charge in [0.15, 0.2) is 0 Å². The first-order valence-corrected chi connectivity index (χ1v) is 8.92. The van der Waals surface area contributed by atoms with Crippen LogP contribution < -0.4 is 5.32 Å². The fourth-order valence-electron chi connectivity index (χ4n) is 3.30. The summed E-state index contributed by atoms with van der Waals surface area (Å²) in [6.07, 6.45) is 7.45. The average Bonchev–Trinajstić information content (AvgIpc) is 2.59. The van der Waals surface area contributed by atoms with Crippen molar-refractivity contribution in [2.24, 2.45) is 0 Å². The van der Waals surface area contributed by atoms with Crippen LogP contribution in [0.1, 0.15) is 57.4 Å². The molecule has 1 aromatic rings. The number of nitrogens with zero attached hydrogens (tertiary/aromatic N) is 1. The van der Waals surface area contributed by atoms with Crippen LogP contribution >= 0.6 is 0 Å². The van der Waals surface area contributed by atoms with Gasteiger partial charge in [-0.15, -0.1) is 0 Å². The van der Waals surface area contributed by atoms with Crippen LogP contribution in [0.4, 0.5) is 4.79 Å². The van der Waals surface area contributed by atoms with Gasteiger partial charge < -0.3 is 15.3 Å². The molecule has 1 fully saturated rings. The summed E-state index contributed by atoms with van der Waals surface area (Å²) >= 11 is 0. The number of hydrogen-bond donors (Lipinski definition) is 2. The Morgan fingerprint density at radius 3 is 2.61 bits per heavy atom. The van der Waals surface area contributed by atoms with Gasteiger partial charge in [0.25, 0.3) is 0 Å². The fraction of sp³-hybridized carbons (Fsp3) is 0.632. The molecule has 0 aliphatic heterocycles. The molecule has 4 heteroatoms. The quantitative estimate of drug-likeness (QED) is 0.805. The molecule has 0 aromatic heterocycles. The number of urea groups is 1. The molecule has 1 saturated carbocycles. The van der Waals surface area contributed by atoms with Gasteiger partial charge >= 0.3 is 6.03 Å². The molecule has 1 aliphatic rings. The molecule has 4 nitrogen and oxygen atoms in total. The van der Waals surface area contributed by atoms with Gasteiger partial charge in [-0.2, -0.15) is 0 Å². The van der Waals surface area contributed by atoms with Gasteiger partial charge in [0.05, 0.1) is 0 Å². The lowest BCUT2D eigenvalue weighted by molar-refractivity contribution is 0.147. The molecule has 1 aromatic carbocycles. The maximum Gasteiger partial charge on any atom is 0.318 e. The number of amides is 2. The smallest absolute Gasteiger partial charge is 0.318 e. The second-order valence-corrected chi connectivity index (χ2v) is 6.62. The van der Waals surface area contributed by atoms with Crippen LogP contribution in [0.3, 0.4) is 0 Å². The summed E-state index contributed by atoms with van der Waals surface area (Å²) in [4.78, 5) is 14.8. The summed E-state index contributed by atoms with van der Waals surface area (Å²) in [5.41, 5.74) is 1.18. The van der Waals surface area contributed by atoms with Crippen molar-refractivity contribution in [3.05, 3.63) is 35.9 Å². The van der Waals surface area contributed by atoms with Crippen LogP contribution in [0.5, 0.6) is 0 Å². The third-order valence-corrected chi connectivity index (χ3v) is 4.64. The Morgan fingerprint density at radius 2 is 1.96 bits per heavy atom. The first kappa shape index (κ1) is 17.8. The van der Waals surface area contributed by atoms with E-state index in [0.717, 1.165) is 25.7 Å². The first-order chi connectivity index (χ1) is 11.2. The Balaban J connectivity index is 2.01. The molecule has 2 N–H and O–H groups in total. The van der Waals surface area contributed by atoms with E-state index in [0.29, 0.717) is 12.6 Å². The second kappa shape index (κ2) is 9.56. The monoisotopic (exact) mass is 318 g/mol. The van der Waals surface area contributed by atoms with Crippen molar-refractivity contribution in [1.82, 2.24) is 10.2 Å². The zero-order valence-corrected chi connectivity index (χ0v) is 14.2. The standard InChI is InChI=1S/C19H30N2O2/c1-16(9-8-14-22)20-19(23)21(18-12-6-3-7-13-18)15-17-10-4-2-5-11-17/h2,4-5,10-11,16,18,22H,3,6-9,12-15H2,1H3,(H,20,23). The zero-order valence-electron chi connectivity index (χ0n) is 14.2. The number of aliphatic hydroxyl groups excluding tert-OH is 1. The Bertz CT molecular complexity index is 458. The van der Waals surface area contributed by atoms with Crippen molar-refractivity contribution in [1.29, 1.82) is 0 Å². The number of aliphatic hydroxyl groups is 1. The van der Waals surface area contributed by atoms with Crippen LogP contribution in [0.15, 0.2) is 30.3 Å². The minimum Gasteiger partial charge on any atom is -0.396 e. The first-order valence-electron chi connectivity index (χ1n) is 8.92. The van der Waals surface area contributed by atoms with Crippen molar-refractivity contribution >= 4 is 6.03 Å². The van der Waals surface area contributed by atoms with E-state index in [1.54, 1.807) is 0 Å². The van der Waals surface area contributed by atoms with Gasteiger partial charge in [0, 0.05) is 25.2 Å². The lowest BCUT2D eigenvalue weighted by atomic mass is 9.94. The zero-order chi connectivity index (χ0) is 16.5. The molecule has 0 radical (unpaired) electrons. The molecule has 0 saturated heterocycles. The van der Waals surface area contributed by atoms with Crippen molar-refractivity contribution in [3.63, 3.8) is 0 Å². The maximum atomic E-state index is 12.8. The molecular weight excluding hydrogens is 288 g/mol. The molecular formula is C19H30N2O2. The Labute approximate surface area is 139 Å². The van der Waals surface area contributed by atoms with E-state index in [2.05, 4.69) is 17.4 Å². The molecule has 0 bridgehead atoms. The third kappa shape index (κ3) is 5.87. The highest BCUT2D eigenvalue weighted by atomic mass is 16.3. The van der Waals surface area contributed by atoms with E-state index in [1.165, 1.54) is 24.8 Å². The second-order valence-electron chi connectivity index (χ2n) is 6.62. The summed E-state index contributed by atoms with van der Waals surface area (Å²) in [7, 11) is 0. The molecule has 1 atom stereocenters. The van der Waals surface area contributed by atoms with Gasteiger partial charge in [-0.3, -0.25) is 0 Å². The van der Waals surface area contributed by atoms with E-state index in [4.69, 9.17) is 5.11 Å². The number of hydrogen-bond acceptors (Lipinski definition) is 2. The lowest BCUT2D eigenvalue weighted by Crippen LogP contribution is -2.48. The van der Waals surface area contributed by atoms with Crippen LogP contribution in [-0.2, 0) is 6.54 Å². The van der Waals surface area contributed by atoms with Crippen molar-refractivity contribution in [2.45, 2.75) is 70.5 Å². The Morgan fingerprint density at radius 1 is 1.26 bits per heavy atom. The molecule has 2 rings (SSSR count). The van der Waals surface area contributed by atoms with Crippen LogP contribution in [0.25, 0.3) is 0 Å². The number of carbonyl (C=O) groups excluding carboxylic acids is 1. The van der Waals surface area contributed by atoms with E-state index >= 15 is 0 Å². The molecule has 2 amide bonds. The Hall–Kier alpha value is -1.55. The highest BCUT2D eigenvalue weighted by Crippen LogP contribution is 2.24. The van der Waals surface area contributed by atoms with Gasteiger partial charge in [0.2, 0.25) is 0 Å². The van der Waals surface area contributed by atoms with Crippen molar-refractivity contribution in [3.8, 4) is 0 Å². The molecule has 128 valence electrons. The summed E-state index contributed by atoms with van der Waals surface area (Å²) in [6, 6.07) is 10.7. The highest BCUT2D eigenvalue weighted by Gasteiger charge is 2.26. The van der Waals surface area contributed by atoms with Crippen LogP contribution in [0, 0.1) is 0 Å². The predicted octanol–water partition coefficient (Wildman–Crippen LogP) is 3.69. The van der Waals surface area contributed by atoms with E-state index < -0.39 is 0 Å². The van der Waals surface area contributed by atoms with E-state index in [-0.39, 0.29) is 18.7 Å². The summed E-state index contributed by atoms with van der Waals surface area (Å²) in [6.45, 7) is 2.86. The number of rotatable bonds is 7. The molecule has 0 heterocycles. The highest BCUT2D eigenvalue weighted by molar-refractivity contribution is 5.75. The topological polar surface area (TPSA) is 52.6 Å². The molecule has 1 aliphatic carbocycles. The van der Waals surface area contributed by atoms with E-state index in [1.807, 2.05) is 30.0 Å². The van der Waals surface area contributed by atoms with Crippen molar-refractivity contribution < 1.29 is 9.90 Å². The summed E-state index contributed by atoms with van der Waals surface area (Å²) in [5, 5.41) is 12.0. The summed E-state index contributed by atoms with van der Waals surface area (Å²) < 4.78 is 0. The van der Waals surface area contributed by atoms with Crippen molar-refractivity contribution in [2.75, 3.05) is 6.61 Å². The fourth-order valence-corrected chi connectivity index (χ4v) is 3.30. The SMILES string of the molecule is CC(CCCO)NC(=O)N(Cc1ccccc1)C1CCCCC1. The van der Waals surface area contributed by atoms with Crippen LogP contribution in [-0.4, -0.2) is 34.7 Å². The number of benzene rings is 1. The Kier molecular flexibility index (Phi) is 7.40. The van der Waals surface area contributed by atoms with Gasteiger partial charge in [-0.1, -0.05) is 49.6 Å². The van der Waals surface area contributed by atoms with Crippen LogP contribution in [0.2, 0.25) is 0 Å². The maximum absolute atomic E-state index is 12.8. The van der Waals surface area contributed by atoms with Gasteiger partial charge in [0.1, 0.15) is 0 Å². The third-order valence-electron chi connectivity index (χ3n) is 4.64. The normalized spacial score (nSPS) is 16.8. The number of nitrogens with one attached hydrogen (secondary N) is 1. The average molecular weight is 318 g/mol. The predicted molar refractivity (Wildman–Crippen MR) is 93.2 cm³/mol. The summed E-state index contributed by atoms with van der Waals surface area (Å²) in [5.74, 6) is 0. The molecule has 23 heavy (non-hydrogen) atoms. The number of carbonyl (C=O) groups is 1. The van der Waals surface area contributed by atoms with E-state index in [9.17, 15) is 4.79 Å². The van der Waals surface area contributed by atoms with Gasteiger partial charge in [-0.05, 0) is 38.2 Å². The van der Waals surface area contributed by atoms with Gasteiger partial charge in [-0.25, -0.2) is 4.79 Å². The minimum atomic E-state index is 0.0335. The lowest BCUT2D eigenvalue weighted by Gasteiger charge is -2.35. The molecule has 1 unspecified atom stereocenters.